The van der Waals surface area contributed by atoms with Gasteiger partial charge in [-0.25, -0.2) is 0 Å². The van der Waals surface area contributed by atoms with Crippen LogP contribution in [-0.4, -0.2) is 16.1 Å². The minimum absolute atomic E-state index is 0.246. The molecule has 152 valence electrons. The molecule has 1 aliphatic heterocycles. The molecule has 2 aromatic carbocycles. The second kappa shape index (κ2) is 6.88. The summed E-state index contributed by atoms with van der Waals surface area (Å²) in [6, 6.07) is 13.9. The summed E-state index contributed by atoms with van der Waals surface area (Å²) in [5, 5.41) is 4.52. The van der Waals surface area contributed by atoms with E-state index in [0.29, 0.717) is 11.1 Å². The van der Waals surface area contributed by atoms with Gasteiger partial charge < -0.3 is 10.3 Å². The summed E-state index contributed by atoms with van der Waals surface area (Å²) in [5.74, 6) is 0. The van der Waals surface area contributed by atoms with Gasteiger partial charge in [-0.1, -0.05) is 18.2 Å². The van der Waals surface area contributed by atoms with Gasteiger partial charge in [0.15, 0.2) is 0 Å². The van der Waals surface area contributed by atoms with E-state index in [1.807, 2.05) is 18.2 Å². The summed E-state index contributed by atoms with van der Waals surface area (Å²) in [7, 11) is 0. The molecule has 0 amide bonds. The van der Waals surface area contributed by atoms with Crippen LogP contribution in [0.4, 0.5) is 13.2 Å². The van der Waals surface area contributed by atoms with Crippen LogP contribution in [0.1, 0.15) is 16.8 Å². The molecule has 4 nitrogen and oxygen atoms in total. The molecule has 2 N–H and O–H groups in total. The minimum Gasteiger partial charge on any atom is -0.358 e. The first-order chi connectivity index (χ1) is 14.4. The number of fused-ring (bicyclic) bond motifs is 3. The highest BCUT2D eigenvalue weighted by atomic mass is 19.4. The van der Waals surface area contributed by atoms with E-state index in [1.165, 1.54) is 34.0 Å². The Labute approximate surface area is 170 Å². The fraction of sp³-hybridized carbons (Fsp3) is 0.174. The zero-order chi connectivity index (χ0) is 20.9. The van der Waals surface area contributed by atoms with Crippen molar-refractivity contribution in [1.82, 2.24) is 14.9 Å². The van der Waals surface area contributed by atoms with E-state index >= 15 is 0 Å². The summed E-state index contributed by atoms with van der Waals surface area (Å²) in [6.07, 6.45) is -1.78. The number of pyridine rings is 1. The molecule has 4 aromatic rings. The Hall–Kier alpha value is -3.32. The highest BCUT2D eigenvalue weighted by Crippen LogP contribution is 2.31. The molecule has 0 radical (unpaired) electrons. The Balaban J connectivity index is 1.50. The number of aromatic amines is 1. The van der Waals surface area contributed by atoms with Crippen LogP contribution in [0.3, 0.4) is 0 Å². The number of alkyl halides is 3. The van der Waals surface area contributed by atoms with Gasteiger partial charge in [-0.15, -0.1) is 0 Å². The summed E-state index contributed by atoms with van der Waals surface area (Å²) >= 11 is 0. The summed E-state index contributed by atoms with van der Waals surface area (Å²) < 4.78 is 39.8. The first kappa shape index (κ1) is 18.7. The average molecular weight is 409 g/mol. The third-order valence-electron chi connectivity index (χ3n) is 5.57. The van der Waals surface area contributed by atoms with E-state index in [0.717, 1.165) is 48.2 Å². The topological polar surface area (TPSA) is 49.8 Å². The van der Waals surface area contributed by atoms with Gasteiger partial charge in [0.1, 0.15) is 0 Å². The van der Waals surface area contributed by atoms with E-state index in [1.54, 1.807) is 12.3 Å². The van der Waals surface area contributed by atoms with Crippen molar-refractivity contribution in [3.63, 3.8) is 0 Å². The van der Waals surface area contributed by atoms with Crippen molar-refractivity contribution in [1.29, 1.82) is 0 Å². The van der Waals surface area contributed by atoms with E-state index in [2.05, 4.69) is 10.3 Å². The zero-order valence-corrected chi connectivity index (χ0v) is 15.9. The standard InChI is InChI=1S/C23H18F3N3O/c24-23(25,26)16-3-1-14(2-4-16)15-8-10-29(22(30)11-15)17-5-6-18-19-13-27-9-7-20(19)28-21(18)12-17/h1-6,8,10-12,27-28H,7,9,13H2. The Morgan fingerprint density at radius 2 is 1.73 bits per heavy atom. The van der Waals surface area contributed by atoms with Crippen LogP contribution in [0.2, 0.25) is 0 Å². The smallest absolute Gasteiger partial charge is 0.358 e. The van der Waals surface area contributed by atoms with Crippen LogP contribution in [0.25, 0.3) is 27.7 Å². The molecular weight excluding hydrogens is 391 g/mol. The molecule has 0 aliphatic carbocycles. The number of H-pyrrole nitrogens is 1. The van der Waals surface area contributed by atoms with Gasteiger partial charge in [-0.05, 0) is 47.0 Å². The number of benzene rings is 2. The van der Waals surface area contributed by atoms with Crippen molar-refractivity contribution in [2.45, 2.75) is 19.1 Å². The third kappa shape index (κ3) is 3.21. The maximum atomic E-state index is 12.8. The Morgan fingerprint density at radius 1 is 0.933 bits per heavy atom. The zero-order valence-electron chi connectivity index (χ0n) is 15.9. The highest BCUT2D eigenvalue weighted by Gasteiger charge is 2.30. The van der Waals surface area contributed by atoms with E-state index in [4.69, 9.17) is 0 Å². The second-order valence-electron chi connectivity index (χ2n) is 7.44. The molecule has 1 aliphatic rings. The first-order valence-electron chi connectivity index (χ1n) is 9.65. The lowest BCUT2D eigenvalue weighted by Gasteiger charge is -2.12. The molecule has 5 rings (SSSR count). The van der Waals surface area contributed by atoms with Gasteiger partial charge in [-0.3, -0.25) is 9.36 Å². The molecule has 0 atom stereocenters. The van der Waals surface area contributed by atoms with Crippen LogP contribution in [-0.2, 0) is 19.1 Å². The van der Waals surface area contributed by atoms with Gasteiger partial charge in [0, 0.05) is 48.4 Å². The molecule has 7 heteroatoms. The molecule has 0 saturated heterocycles. The molecule has 0 bridgehead atoms. The molecule has 2 aromatic heterocycles. The van der Waals surface area contributed by atoms with E-state index < -0.39 is 11.7 Å². The summed E-state index contributed by atoms with van der Waals surface area (Å²) in [6.45, 7) is 1.77. The molecule has 3 heterocycles. The maximum absolute atomic E-state index is 12.8. The molecule has 0 saturated carbocycles. The monoisotopic (exact) mass is 409 g/mol. The summed E-state index contributed by atoms with van der Waals surface area (Å²) in [5.41, 5.74) is 4.40. The molecule has 0 fully saturated rings. The maximum Gasteiger partial charge on any atom is 0.416 e. The van der Waals surface area contributed by atoms with Gasteiger partial charge in [0.05, 0.1) is 11.3 Å². The number of aromatic nitrogens is 2. The van der Waals surface area contributed by atoms with Crippen LogP contribution in [0.5, 0.6) is 0 Å². The predicted molar refractivity (Wildman–Crippen MR) is 110 cm³/mol. The van der Waals surface area contributed by atoms with Crippen molar-refractivity contribution in [2.75, 3.05) is 6.54 Å². The van der Waals surface area contributed by atoms with Gasteiger partial charge in [0.2, 0.25) is 0 Å². The Kier molecular flexibility index (Phi) is 4.29. The van der Waals surface area contributed by atoms with Crippen molar-refractivity contribution < 1.29 is 13.2 Å². The number of nitrogens with zero attached hydrogens (tertiary/aromatic N) is 1. The lowest BCUT2D eigenvalue weighted by molar-refractivity contribution is -0.137. The van der Waals surface area contributed by atoms with E-state index in [9.17, 15) is 18.0 Å². The van der Waals surface area contributed by atoms with Crippen molar-refractivity contribution >= 4 is 10.9 Å². The molecule has 30 heavy (non-hydrogen) atoms. The number of nitrogens with one attached hydrogen (secondary N) is 2. The largest absolute Gasteiger partial charge is 0.416 e. The third-order valence-corrected chi connectivity index (χ3v) is 5.57. The molecular formula is C23H18F3N3O. The SMILES string of the molecule is O=c1cc(-c2ccc(C(F)(F)F)cc2)ccn1-c1ccc2c3c([nH]c2c1)CCNC3. The number of hydrogen-bond donors (Lipinski definition) is 2. The average Bonchev–Trinajstić information content (AvgIpc) is 3.11. The lowest BCUT2D eigenvalue weighted by atomic mass is 10.0. The van der Waals surface area contributed by atoms with Gasteiger partial charge in [0.25, 0.3) is 5.56 Å². The van der Waals surface area contributed by atoms with Crippen molar-refractivity contribution in [3.8, 4) is 16.8 Å². The van der Waals surface area contributed by atoms with Crippen LogP contribution in [0.15, 0.2) is 65.6 Å². The van der Waals surface area contributed by atoms with Gasteiger partial charge in [-0.2, -0.15) is 13.2 Å². The van der Waals surface area contributed by atoms with E-state index in [-0.39, 0.29) is 5.56 Å². The van der Waals surface area contributed by atoms with Crippen LogP contribution in [0, 0.1) is 0 Å². The number of halogens is 3. The fourth-order valence-electron chi connectivity index (χ4n) is 4.01. The number of rotatable bonds is 2. The second-order valence-corrected chi connectivity index (χ2v) is 7.44. The van der Waals surface area contributed by atoms with Crippen molar-refractivity contribution in [3.05, 3.63) is 88.0 Å². The lowest BCUT2D eigenvalue weighted by Crippen LogP contribution is -2.22. The molecule has 0 unspecified atom stereocenters. The predicted octanol–water partition coefficient (Wildman–Crippen LogP) is 4.65. The minimum atomic E-state index is -4.38. The summed E-state index contributed by atoms with van der Waals surface area (Å²) in [4.78, 5) is 16.2. The highest BCUT2D eigenvalue weighted by molar-refractivity contribution is 5.86. The Bertz CT molecular complexity index is 1300. The van der Waals surface area contributed by atoms with Crippen molar-refractivity contribution in [2.24, 2.45) is 0 Å². The number of hydrogen-bond acceptors (Lipinski definition) is 2. The quantitative estimate of drug-likeness (QED) is 0.506. The molecule has 0 spiro atoms. The fourth-order valence-corrected chi connectivity index (χ4v) is 4.01. The Morgan fingerprint density at radius 3 is 2.47 bits per heavy atom. The van der Waals surface area contributed by atoms with Gasteiger partial charge >= 0.3 is 6.18 Å². The normalized spacial score (nSPS) is 14.1. The van der Waals surface area contributed by atoms with Crippen LogP contribution < -0.4 is 10.9 Å². The van der Waals surface area contributed by atoms with Crippen LogP contribution >= 0.6 is 0 Å². The first-order valence-corrected chi connectivity index (χ1v) is 9.65.